The number of nitro benzene ring substituents is 1. The van der Waals surface area contributed by atoms with E-state index in [2.05, 4.69) is 0 Å². The highest BCUT2D eigenvalue weighted by Gasteiger charge is 2.33. The minimum absolute atomic E-state index is 0.0706. The molecular formula is C16H15F3N2O3S. The lowest BCUT2D eigenvalue weighted by Crippen LogP contribution is -2.38. The molecule has 0 fully saturated rings. The van der Waals surface area contributed by atoms with Crippen molar-refractivity contribution in [2.24, 2.45) is 0 Å². The van der Waals surface area contributed by atoms with E-state index in [0.29, 0.717) is 11.3 Å². The van der Waals surface area contributed by atoms with Crippen molar-refractivity contribution in [1.82, 2.24) is 4.90 Å². The van der Waals surface area contributed by atoms with Gasteiger partial charge < -0.3 is 4.90 Å². The first-order valence-electron chi connectivity index (χ1n) is 7.35. The van der Waals surface area contributed by atoms with Gasteiger partial charge in [0.2, 0.25) is 5.91 Å². The maximum Gasteiger partial charge on any atom is 0.406 e. The van der Waals surface area contributed by atoms with Crippen molar-refractivity contribution in [3.05, 3.63) is 62.3 Å². The molecule has 2 rings (SSSR count). The standard InChI is InChI=1S/C16H15F3N2O3S/c17-16(18,19)11-20(15(22)8-7-13-5-3-9-25-13)10-12-4-1-2-6-14(12)21(23)24/h1-6,9H,7-8,10-11H2. The summed E-state index contributed by atoms with van der Waals surface area (Å²) < 4.78 is 38.4. The zero-order valence-corrected chi connectivity index (χ0v) is 13.8. The molecule has 25 heavy (non-hydrogen) atoms. The third kappa shape index (κ3) is 5.86. The van der Waals surface area contributed by atoms with Gasteiger partial charge in [0.1, 0.15) is 6.54 Å². The molecule has 0 aliphatic rings. The summed E-state index contributed by atoms with van der Waals surface area (Å²) in [4.78, 5) is 24.1. The first-order chi connectivity index (χ1) is 11.8. The number of nitro groups is 1. The molecular weight excluding hydrogens is 357 g/mol. The predicted molar refractivity (Wildman–Crippen MR) is 87.2 cm³/mol. The number of amides is 1. The Balaban J connectivity index is 2.15. The van der Waals surface area contributed by atoms with Crippen molar-refractivity contribution < 1.29 is 22.9 Å². The van der Waals surface area contributed by atoms with Crippen LogP contribution in [0.25, 0.3) is 0 Å². The summed E-state index contributed by atoms with van der Waals surface area (Å²) in [5, 5.41) is 12.8. The number of carbonyl (C=O) groups excluding carboxylic acids is 1. The summed E-state index contributed by atoms with van der Waals surface area (Å²) >= 11 is 1.42. The van der Waals surface area contributed by atoms with E-state index in [1.165, 1.54) is 35.6 Å². The molecule has 1 aromatic heterocycles. The first-order valence-corrected chi connectivity index (χ1v) is 8.23. The number of para-hydroxylation sites is 1. The average molecular weight is 372 g/mol. The Hall–Kier alpha value is -2.42. The van der Waals surface area contributed by atoms with Gasteiger partial charge in [-0.2, -0.15) is 13.2 Å². The second kappa shape index (κ2) is 8.11. The summed E-state index contributed by atoms with van der Waals surface area (Å²) in [6.45, 7) is -1.90. The van der Waals surface area contributed by atoms with Gasteiger partial charge in [-0.05, 0) is 17.9 Å². The van der Waals surface area contributed by atoms with Crippen LogP contribution in [0.4, 0.5) is 18.9 Å². The van der Waals surface area contributed by atoms with Crippen molar-refractivity contribution >= 4 is 22.9 Å². The quantitative estimate of drug-likeness (QED) is 0.541. The van der Waals surface area contributed by atoms with E-state index in [0.717, 1.165) is 4.88 Å². The van der Waals surface area contributed by atoms with E-state index in [-0.39, 0.29) is 17.7 Å². The Morgan fingerprint density at radius 2 is 1.92 bits per heavy atom. The Morgan fingerprint density at radius 1 is 1.20 bits per heavy atom. The van der Waals surface area contributed by atoms with Crippen LogP contribution in [0.2, 0.25) is 0 Å². The van der Waals surface area contributed by atoms with Crippen LogP contribution >= 0.6 is 11.3 Å². The van der Waals surface area contributed by atoms with Gasteiger partial charge in [-0.25, -0.2) is 0 Å². The molecule has 2 aromatic rings. The molecule has 1 aromatic carbocycles. The fourth-order valence-corrected chi connectivity index (χ4v) is 3.03. The highest BCUT2D eigenvalue weighted by molar-refractivity contribution is 7.09. The molecule has 0 atom stereocenters. The van der Waals surface area contributed by atoms with Crippen molar-refractivity contribution in [2.45, 2.75) is 25.6 Å². The molecule has 134 valence electrons. The number of nitrogens with zero attached hydrogens (tertiary/aromatic N) is 2. The predicted octanol–water partition coefficient (Wildman–Crippen LogP) is 4.18. The van der Waals surface area contributed by atoms with E-state index >= 15 is 0 Å². The maximum absolute atomic E-state index is 12.8. The molecule has 1 amide bonds. The summed E-state index contributed by atoms with van der Waals surface area (Å²) in [6, 6.07) is 9.07. The molecule has 1 heterocycles. The highest BCUT2D eigenvalue weighted by atomic mass is 32.1. The fraction of sp³-hybridized carbons (Fsp3) is 0.312. The van der Waals surface area contributed by atoms with Crippen molar-refractivity contribution in [1.29, 1.82) is 0 Å². The molecule has 0 spiro atoms. The van der Waals surface area contributed by atoms with E-state index < -0.39 is 30.1 Å². The van der Waals surface area contributed by atoms with Gasteiger partial charge in [-0.15, -0.1) is 11.3 Å². The largest absolute Gasteiger partial charge is 0.406 e. The van der Waals surface area contributed by atoms with Crippen molar-refractivity contribution in [3.8, 4) is 0 Å². The second-order valence-corrected chi connectivity index (χ2v) is 6.36. The molecule has 0 unspecified atom stereocenters. The number of hydrogen-bond acceptors (Lipinski definition) is 4. The Morgan fingerprint density at radius 3 is 2.52 bits per heavy atom. The van der Waals surface area contributed by atoms with Gasteiger partial charge in [0.15, 0.2) is 0 Å². The maximum atomic E-state index is 12.8. The number of rotatable bonds is 7. The third-order valence-corrected chi connectivity index (χ3v) is 4.37. The summed E-state index contributed by atoms with van der Waals surface area (Å²) in [7, 11) is 0. The van der Waals surface area contributed by atoms with Gasteiger partial charge in [0.25, 0.3) is 5.69 Å². The molecule has 9 heteroatoms. The molecule has 0 radical (unpaired) electrons. The van der Waals surface area contributed by atoms with Crippen LogP contribution in [0.5, 0.6) is 0 Å². The number of hydrogen-bond donors (Lipinski definition) is 0. The minimum Gasteiger partial charge on any atom is -0.329 e. The molecule has 0 saturated heterocycles. The van der Waals surface area contributed by atoms with E-state index in [4.69, 9.17) is 0 Å². The van der Waals surface area contributed by atoms with Crippen LogP contribution in [0.15, 0.2) is 41.8 Å². The molecule has 0 saturated carbocycles. The number of halogens is 3. The van der Waals surface area contributed by atoms with Crippen molar-refractivity contribution in [3.63, 3.8) is 0 Å². The summed E-state index contributed by atoms with van der Waals surface area (Å²) in [6.07, 6.45) is -4.33. The summed E-state index contributed by atoms with van der Waals surface area (Å²) in [5.74, 6) is -0.691. The van der Waals surface area contributed by atoms with E-state index in [9.17, 15) is 28.1 Å². The van der Waals surface area contributed by atoms with Gasteiger partial charge in [0.05, 0.1) is 11.5 Å². The van der Waals surface area contributed by atoms with Crippen LogP contribution in [-0.2, 0) is 17.8 Å². The fourth-order valence-electron chi connectivity index (χ4n) is 2.32. The normalized spacial score (nSPS) is 11.3. The highest BCUT2D eigenvalue weighted by Crippen LogP contribution is 2.24. The molecule has 0 aliphatic heterocycles. The lowest BCUT2D eigenvalue weighted by molar-refractivity contribution is -0.385. The number of alkyl halides is 3. The minimum atomic E-state index is -4.58. The van der Waals surface area contributed by atoms with Crippen LogP contribution in [-0.4, -0.2) is 28.5 Å². The molecule has 0 aliphatic carbocycles. The Kier molecular flexibility index (Phi) is 6.13. The monoisotopic (exact) mass is 372 g/mol. The topological polar surface area (TPSA) is 63.5 Å². The number of aryl methyl sites for hydroxylation is 1. The average Bonchev–Trinajstić information content (AvgIpc) is 3.04. The zero-order valence-electron chi connectivity index (χ0n) is 13.0. The Labute approximate surface area is 145 Å². The van der Waals surface area contributed by atoms with Gasteiger partial charge in [-0.3, -0.25) is 14.9 Å². The number of carbonyl (C=O) groups is 1. The number of benzene rings is 1. The van der Waals surface area contributed by atoms with Gasteiger partial charge >= 0.3 is 6.18 Å². The molecule has 5 nitrogen and oxygen atoms in total. The van der Waals surface area contributed by atoms with Gasteiger partial charge in [0, 0.05) is 22.9 Å². The van der Waals surface area contributed by atoms with Crippen LogP contribution in [0, 0.1) is 10.1 Å². The van der Waals surface area contributed by atoms with Crippen LogP contribution in [0.3, 0.4) is 0 Å². The van der Waals surface area contributed by atoms with Crippen molar-refractivity contribution in [2.75, 3.05) is 6.54 Å². The first kappa shape index (κ1) is 18.9. The zero-order chi connectivity index (χ0) is 18.4. The second-order valence-electron chi connectivity index (χ2n) is 5.33. The van der Waals surface area contributed by atoms with Crippen LogP contribution in [0.1, 0.15) is 16.9 Å². The SMILES string of the molecule is O=C(CCc1cccs1)N(Cc1ccccc1[N+](=O)[O-])CC(F)(F)F. The summed E-state index contributed by atoms with van der Waals surface area (Å²) in [5.41, 5.74) is -0.234. The lowest BCUT2D eigenvalue weighted by Gasteiger charge is -2.24. The van der Waals surface area contributed by atoms with E-state index in [1.54, 1.807) is 12.1 Å². The smallest absolute Gasteiger partial charge is 0.329 e. The lowest BCUT2D eigenvalue weighted by atomic mass is 10.1. The molecule has 0 N–H and O–H groups in total. The Bertz CT molecular complexity index is 732. The molecule has 0 bridgehead atoms. The van der Waals surface area contributed by atoms with E-state index in [1.807, 2.05) is 5.38 Å². The van der Waals surface area contributed by atoms with Gasteiger partial charge in [-0.1, -0.05) is 24.3 Å². The third-order valence-electron chi connectivity index (χ3n) is 3.44. The number of thiophene rings is 1. The van der Waals surface area contributed by atoms with Crippen LogP contribution < -0.4 is 0 Å².